The van der Waals surface area contributed by atoms with E-state index in [9.17, 15) is 9.59 Å². The van der Waals surface area contributed by atoms with Crippen molar-refractivity contribution in [2.24, 2.45) is 0 Å². The Bertz CT molecular complexity index is 729. The summed E-state index contributed by atoms with van der Waals surface area (Å²) >= 11 is 0. The van der Waals surface area contributed by atoms with Gasteiger partial charge in [-0.25, -0.2) is 14.8 Å². The number of piperazine rings is 1. The van der Waals surface area contributed by atoms with Gasteiger partial charge in [-0.1, -0.05) is 12.1 Å². The average molecular weight is 328 g/mol. The maximum atomic E-state index is 12.0. The summed E-state index contributed by atoms with van der Waals surface area (Å²) in [6.45, 7) is 3.48. The van der Waals surface area contributed by atoms with Crippen molar-refractivity contribution in [3.63, 3.8) is 0 Å². The first kappa shape index (κ1) is 16.2. The molecule has 0 unspecified atom stereocenters. The van der Waals surface area contributed by atoms with Crippen molar-refractivity contribution in [1.82, 2.24) is 25.3 Å². The summed E-state index contributed by atoms with van der Waals surface area (Å²) in [6, 6.07) is 7.02. The maximum Gasteiger partial charge on any atom is 0.333 e. The molecule has 1 aliphatic heterocycles. The number of H-pyrrole nitrogens is 1. The second kappa shape index (κ2) is 7.24. The number of aromatic nitrogens is 2. The number of likely N-dealkylation sites (N-methyl/N-ethyl adjacent to an activating group) is 1. The highest BCUT2D eigenvalue weighted by molar-refractivity contribution is 5.89. The van der Waals surface area contributed by atoms with Crippen LogP contribution >= 0.6 is 0 Å². The van der Waals surface area contributed by atoms with Crippen LogP contribution in [0.1, 0.15) is 0 Å². The minimum absolute atomic E-state index is 0.238. The molecule has 2 amide bonds. The summed E-state index contributed by atoms with van der Waals surface area (Å²) in [5.41, 5.74) is 4.82. The van der Waals surface area contributed by atoms with Crippen LogP contribution in [0.4, 0.5) is 10.5 Å². The van der Waals surface area contributed by atoms with E-state index < -0.39 is 0 Å². The van der Waals surface area contributed by atoms with Gasteiger partial charge in [0.15, 0.2) is 0 Å². The molecule has 1 aliphatic rings. The van der Waals surface area contributed by atoms with Gasteiger partial charge in [-0.3, -0.25) is 10.2 Å². The van der Waals surface area contributed by atoms with Gasteiger partial charge in [-0.15, -0.1) is 0 Å². The average Bonchev–Trinajstić information content (AvgIpc) is 2.58. The minimum atomic E-state index is -0.255. The molecule has 8 nitrogen and oxygen atoms in total. The molecule has 0 aliphatic carbocycles. The molecule has 1 aromatic heterocycles. The Hall–Kier alpha value is -2.71. The minimum Gasteiger partial charge on any atom is -0.326 e. The topological polar surface area (TPSA) is 93.4 Å². The Morgan fingerprint density at radius 1 is 1.17 bits per heavy atom. The number of aromatic amines is 1. The van der Waals surface area contributed by atoms with Crippen LogP contribution in [0, 0.1) is 0 Å². The molecule has 2 heterocycles. The Kier molecular flexibility index (Phi) is 4.88. The fourth-order valence-electron chi connectivity index (χ4n) is 2.45. The Balaban J connectivity index is 1.56. The number of urea groups is 1. The third kappa shape index (κ3) is 4.18. The maximum absolute atomic E-state index is 12.0. The normalized spacial score (nSPS) is 15.9. The van der Waals surface area contributed by atoms with Gasteiger partial charge in [0, 0.05) is 43.6 Å². The van der Waals surface area contributed by atoms with Crippen LogP contribution in [0.2, 0.25) is 0 Å². The van der Waals surface area contributed by atoms with Crippen molar-refractivity contribution in [2.45, 2.75) is 0 Å². The quantitative estimate of drug-likeness (QED) is 0.772. The predicted molar refractivity (Wildman–Crippen MR) is 91.5 cm³/mol. The first-order valence-corrected chi connectivity index (χ1v) is 7.76. The number of carbonyl (C=O) groups excluding carboxylic acids is 1. The van der Waals surface area contributed by atoms with E-state index in [0.717, 1.165) is 31.7 Å². The number of nitrogens with one attached hydrogen (secondary N) is 3. The molecule has 0 saturated carbocycles. The van der Waals surface area contributed by atoms with Crippen LogP contribution in [-0.2, 0) is 0 Å². The summed E-state index contributed by atoms with van der Waals surface area (Å²) in [5.74, 6) is 0. The van der Waals surface area contributed by atoms with Crippen molar-refractivity contribution in [3.8, 4) is 11.3 Å². The van der Waals surface area contributed by atoms with E-state index in [1.54, 1.807) is 18.3 Å². The molecule has 0 spiro atoms. The fraction of sp³-hybridized carbons (Fsp3) is 0.312. The zero-order chi connectivity index (χ0) is 16.9. The van der Waals surface area contributed by atoms with Crippen molar-refractivity contribution in [1.29, 1.82) is 0 Å². The highest BCUT2D eigenvalue weighted by atomic mass is 16.2. The summed E-state index contributed by atoms with van der Waals surface area (Å²) in [4.78, 5) is 31.9. The van der Waals surface area contributed by atoms with E-state index in [4.69, 9.17) is 0 Å². The third-order valence-electron chi connectivity index (χ3n) is 3.87. The number of hydrogen-bond donors (Lipinski definition) is 3. The van der Waals surface area contributed by atoms with Gasteiger partial charge in [0.05, 0.1) is 11.9 Å². The Morgan fingerprint density at radius 3 is 2.50 bits per heavy atom. The molecule has 1 aromatic carbocycles. The summed E-state index contributed by atoms with van der Waals surface area (Å²) in [5, 5.41) is 4.72. The number of anilines is 1. The lowest BCUT2D eigenvalue weighted by Crippen LogP contribution is -2.53. The predicted octanol–water partition coefficient (Wildman–Crippen LogP) is 0.721. The zero-order valence-electron chi connectivity index (χ0n) is 13.5. The summed E-state index contributed by atoms with van der Waals surface area (Å²) in [7, 11) is 2.07. The molecule has 0 radical (unpaired) electrons. The monoisotopic (exact) mass is 328 g/mol. The number of benzene rings is 1. The van der Waals surface area contributed by atoms with E-state index in [-0.39, 0.29) is 11.6 Å². The third-order valence-corrected chi connectivity index (χ3v) is 3.87. The number of hydrazine groups is 1. The molecule has 1 saturated heterocycles. The molecule has 0 atom stereocenters. The molecule has 1 fully saturated rings. The number of carbonyl (C=O) groups is 1. The molecule has 3 N–H and O–H groups in total. The summed E-state index contributed by atoms with van der Waals surface area (Å²) in [6.07, 6.45) is 2.80. The highest BCUT2D eigenvalue weighted by Gasteiger charge is 2.15. The van der Waals surface area contributed by atoms with Crippen molar-refractivity contribution < 1.29 is 4.79 Å². The highest BCUT2D eigenvalue weighted by Crippen LogP contribution is 2.18. The van der Waals surface area contributed by atoms with Gasteiger partial charge < -0.3 is 15.2 Å². The van der Waals surface area contributed by atoms with Gasteiger partial charge in [-0.05, 0) is 19.2 Å². The van der Waals surface area contributed by atoms with Gasteiger partial charge in [0.25, 0.3) is 5.56 Å². The van der Waals surface area contributed by atoms with Crippen LogP contribution < -0.4 is 16.3 Å². The largest absolute Gasteiger partial charge is 0.333 e. The first-order chi connectivity index (χ1) is 11.6. The number of nitrogens with zero attached hydrogens (tertiary/aromatic N) is 3. The lowest BCUT2D eigenvalue weighted by atomic mass is 10.1. The zero-order valence-corrected chi connectivity index (χ0v) is 13.5. The lowest BCUT2D eigenvalue weighted by Gasteiger charge is -2.32. The van der Waals surface area contributed by atoms with Crippen LogP contribution in [0.25, 0.3) is 11.3 Å². The molecule has 24 heavy (non-hydrogen) atoms. The molecular formula is C16H20N6O2. The Morgan fingerprint density at radius 2 is 1.88 bits per heavy atom. The van der Waals surface area contributed by atoms with E-state index in [0.29, 0.717) is 11.4 Å². The number of hydrogen-bond acceptors (Lipinski definition) is 5. The molecule has 8 heteroatoms. The van der Waals surface area contributed by atoms with Crippen LogP contribution in [0.15, 0.2) is 41.5 Å². The lowest BCUT2D eigenvalue weighted by molar-refractivity contribution is 0.116. The van der Waals surface area contributed by atoms with E-state index in [1.165, 1.54) is 6.20 Å². The van der Waals surface area contributed by atoms with Crippen LogP contribution in [0.3, 0.4) is 0 Å². The second-order valence-electron chi connectivity index (χ2n) is 5.73. The molecular weight excluding hydrogens is 308 g/mol. The smallest absolute Gasteiger partial charge is 0.326 e. The molecule has 126 valence electrons. The van der Waals surface area contributed by atoms with E-state index in [2.05, 4.69) is 32.7 Å². The molecule has 0 bridgehead atoms. The van der Waals surface area contributed by atoms with Gasteiger partial charge in [0.2, 0.25) is 0 Å². The van der Waals surface area contributed by atoms with Gasteiger partial charge in [0.1, 0.15) is 0 Å². The first-order valence-electron chi connectivity index (χ1n) is 7.76. The second-order valence-corrected chi connectivity index (χ2v) is 5.73. The number of rotatable bonds is 3. The van der Waals surface area contributed by atoms with Crippen LogP contribution in [-0.4, -0.2) is 59.1 Å². The fourth-order valence-corrected chi connectivity index (χ4v) is 2.45. The van der Waals surface area contributed by atoms with Crippen LogP contribution in [0.5, 0.6) is 0 Å². The van der Waals surface area contributed by atoms with E-state index in [1.807, 2.05) is 17.1 Å². The molecule has 2 aromatic rings. The Labute approximate surface area is 139 Å². The van der Waals surface area contributed by atoms with Crippen molar-refractivity contribution in [2.75, 3.05) is 38.5 Å². The van der Waals surface area contributed by atoms with Gasteiger partial charge in [-0.2, -0.15) is 0 Å². The van der Waals surface area contributed by atoms with Gasteiger partial charge >= 0.3 is 6.03 Å². The standard InChI is InChI=1S/C16H20N6O2/c1-21-6-8-22(9-7-21)20-16(24)19-13-4-2-12(3-5-13)14-10-18-15(23)11-17-14/h2-5,10-11H,6-9H2,1H3,(H,18,23)(H2,19,20,24). The summed E-state index contributed by atoms with van der Waals surface area (Å²) < 4.78 is 0. The molecule has 3 rings (SSSR count). The van der Waals surface area contributed by atoms with Crippen molar-refractivity contribution >= 4 is 11.7 Å². The number of amides is 2. The SMILES string of the molecule is CN1CCN(NC(=O)Nc2ccc(-c3c[nH]c(=O)cn3)cc2)CC1. The van der Waals surface area contributed by atoms with E-state index >= 15 is 0 Å². The van der Waals surface area contributed by atoms with Crippen molar-refractivity contribution in [3.05, 3.63) is 47.0 Å².